The lowest BCUT2D eigenvalue weighted by Crippen LogP contribution is -1.99. The van der Waals surface area contributed by atoms with Crippen molar-refractivity contribution in [2.75, 3.05) is 13.7 Å². The van der Waals surface area contributed by atoms with Crippen LogP contribution >= 0.6 is 0 Å². The maximum atomic E-state index is 10.8. The minimum Gasteiger partial charge on any atom is -0.469 e. The molecule has 0 saturated heterocycles. The SMILES string of the molecule is C=CCCCCCCCCCC(=O)OC.C=CCCCCCCCCCO. The van der Waals surface area contributed by atoms with Gasteiger partial charge in [0.05, 0.1) is 7.11 Å². The van der Waals surface area contributed by atoms with Gasteiger partial charge in [0.15, 0.2) is 0 Å². The van der Waals surface area contributed by atoms with Gasteiger partial charge in [0.1, 0.15) is 0 Å². The zero-order valence-corrected chi connectivity index (χ0v) is 18.1. The second-order valence-electron chi connectivity index (χ2n) is 7.15. The Balaban J connectivity index is 0. The van der Waals surface area contributed by atoms with E-state index in [1.165, 1.54) is 77.7 Å². The van der Waals surface area contributed by atoms with Crippen molar-refractivity contribution < 1.29 is 14.6 Å². The van der Waals surface area contributed by atoms with Crippen molar-refractivity contribution in [2.24, 2.45) is 0 Å². The second-order valence-corrected chi connectivity index (χ2v) is 7.15. The molecule has 0 atom stereocenters. The maximum absolute atomic E-state index is 10.8. The third-order valence-corrected chi connectivity index (χ3v) is 4.58. The molecule has 0 heterocycles. The number of ether oxygens (including phenoxy) is 1. The van der Waals surface area contributed by atoms with Crippen molar-refractivity contribution in [3.05, 3.63) is 25.3 Å². The summed E-state index contributed by atoms with van der Waals surface area (Å²) in [5.74, 6) is -0.0824. The lowest BCUT2D eigenvalue weighted by Gasteiger charge is -2.01. The van der Waals surface area contributed by atoms with Crippen LogP contribution in [-0.4, -0.2) is 24.8 Å². The van der Waals surface area contributed by atoms with E-state index < -0.39 is 0 Å². The molecule has 0 aromatic carbocycles. The molecule has 3 heteroatoms. The summed E-state index contributed by atoms with van der Waals surface area (Å²) in [4.78, 5) is 10.8. The Kier molecular flexibility index (Phi) is 28.3. The molecule has 1 N–H and O–H groups in total. The first-order valence-corrected chi connectivity index (χ1v) is 11.1. The number of allylic oxidation sites excluding steroid dienone is 2. The molecule has 0 aliphatic heterocycles. The highest BCUT2D eigenvalue weighted by atomic mass is 16.5. The molecule has 0 aromatic rings. The molecule has 0 aliphatic rings. The fourth-order valence-electron chi connectivity index (χ4n) is 2.83. The van der Waals surface area contributed by atoms with Gasteiger partial charge >= 0.3 is 5.97 Å². The van der Waals surface area contributed by atoms with E-state index in [9.17, 15) is 4.79 Å². The minimum absolute atomic E-state index is 0.0824. The highest BCUT2D eigenvalue weighted by Crippen LogP contribution is 2.10. The van der Waals surface area contributed by atoms with Crippen LogP contribution in [0.1, 0.15) is 109 Å². The van der Waals surface area contributed by atoms with Gasteiger partial charge in [-0.05, 0) is 38.5 Å². The summed E-state index contributed by atoms with van der Waals surface area (Å²) in [5, 5.41) is 8.53. The molecule has 0 spiro atoms. The molecule has 0 saturated carbocycles. The number of methoxy groups -OCH3 is 1. The number of unbranched alkanes of at least 4 members (excludes halogenated alkanes) is 14. The van der Waals surface area contributed by atoms with Gasteiger partial charge in [0, 0.05) is 13.0 Å². The predicted molar refractivity (Wildman–Crippen MR) is 118 cm³/mol. The number of hydrogen-bond donors (Lipinski definition) is 1. The maximum Gasteiger partial charge on any atom is 0.305 e. The van der Waals surface area contributed by atoms with Gasteiger partial charge in [-0.3, -0.25) is 4.79 Å². The third-order valence-electron chi connectivity index (χ3n) is 4.58. The molecular formula is C24H46O3. The molecule has 0 aliphatic carbocycles. The predicted octanol–water partition coefficient (Wildman–Crippen LogP) is 7.14. The van der Waals surface area contributed by atoms with Gasteiger partial charge < -0.3 is 9.84 Å². The molecule has 0 bridgehead atoms. The molecular weight excluding hydrogens is 336 g/mol. The summed E-state index contributed by atoms with van der Waals surface area (Å²) < 4.78 is 4.57. The molecule has 0 fully saturated rings. The highest BCUT2D eigenvalue weighted by molar-refractivity contribution is 5.68. The largest absolute Gasteiger partial charge is 0.469 e. The van der Waals surface area contributed by atoms with Gasteiger partial charge in [-0.15, -0.1) is 13.2 Å². The summed E-state index contributed by atoms with van der Waals surface area (Å²) in [6.45, 7) is 7.75. The third kappa shape index (κ3) is 29.9. The molecule has 0 amide bonds. The van der Waals surface area contributed by atoms with Crippen molar-refractivity contribution in [2.45, 2.75) is 109 Å². The lowest BCUT2D eigenvalue weighted by molar-refractivity contribution is -0.140. The average molecular weight is 383 g/mol. The Bertz CT molecular complexity index is 313. The van der Waals surface area contributed by atoms with Crippen molar-refractivity contribution in [1.29, 1.82) is 0 Å². The van der Waals surface area contributed by atoms with Crippen LogP contribution in [-0.2, 0) is 9.53 Å². The standard InChI is InChI=1S/C13H24O2.C11H22O/c1-3-4-5-6-7-8-9-10-11-12-13(14)15-2;1-2-3-4-5-6-7-8-9-10-11-12/h3H,1,4-12H2,2H3;2,12H,1,3-11H2. The van der Waals surface area contributed by atoms with Crippen molar-refractivity contribution in [3.63, 3.8) is 0 Å². The first-order chi connectivity index (χ1) is 13.2. The minimum atomic E-state index is -0.0824. The van der Waals surface area contributed by atoms with Crippen LogP contribution in [0.3, 0.4) is 0 Å². The van der Waals surface area contributed by atoms with Gasteiger partial charge in [-0.2, -0.15) is 0 Å². The van der Waals surface area contributed by atoms with Crippen LogP contribution in [0.2, 0.25) is 0 Å². The molecule has 3 nitrogen and oxygen atoms in total. The Morgan fingerprint density at radius 1 is 0.704 bits per heavy atom. The van der Waals surface area contributed by atoms with E-state index in [1.54, 1.807) is 0 Å². The summed E-state index contributed by atoms with van der Waals surface area (Å²) >= 11 is 0. The molecule has 27 heavy (non-hydrogen) atoms. The van der Waals surface area contributed by atoms with Crippen LogP contribution in [0.25, 0.3) is 0 Å². The smallest absolute Gasteiger partial charge is 0.305 e. The number of aliphatic hydroxyl groups is 1. The zero-order valence-electron chi connectivity index (χ0n) is 18.1. The van der Waals surface area contributed by atoms with Gasteiger partial charge in [-0.25, -0.2) is 0 Å². The first kappa shape index (κ1) is 28.1. The summed E-state index contributed by atoms with van der Waals surface area (Å²) in [5.41, 5.74) is 0. The van der Waals surface area contributed by atoms with E-state index in [2.05, 4.69) is 17.9 Å². The quantitative estimate of drug-likeness (QED) is 0.147. The van der Waals surface area contributed by atoms with E-state index >= 15 is 0 Å². The van der Waals surface area contributed by atoms with Gasteiger partial charge in [0.25, 0.3) is 0 Å². The molecule has 0 radical (unpaired) electrons. The number of hydrogen-bond acceptors (Lipinski definition) is 3. The van der Waals surface area contributed by atoms with Crippen LogP contribution < -0.4 is 0 Å². The second kappa shape index (κ2) is 27.1. The number of carbonyl (C=O) groups is 1. The monoisotopic (exact) mass is 382 g/mol. The number of carbonyl (C=O) groups excluding carboxylic acids is 1. The summed E-state index contributed by atoms with van der Waals surface area (Å²) in [6.07, 6.45) is 24.2. The zero-order chi connectivity index (χ0) is 20.4. The summed E-state index contributed by atoms with van der Waals surface area (Å²) in [7, 11) is 1.45. The normalized spacial score (nSPS) is 10.0. The number of esters is 1. The number of rotatable bonds is 19. The van der Waals surface area contributed by atoms with Crippen LogP contribution in [0, 0.1) is 0 Å². The van der Waals surface area contributed by atoms with Crippen molar-refractivity contribution in [1.82, 2.24) is 0 Å². The van der Waals surface area contributed by atoms with Gasteiger partial charge in [0.2, 0.25) is 0 Å². The van der Waals surface area contributed by atoms with E-state index in [4.69, 9.17) is 5.11 Å². The van der Waals surface area contributed by atoms with E-state index in [0.29, 0.717) is 13.0 Å². The Morgan fingerprint density at radius 2 is 1.07 bits per heavy atom. The van der Waals surface area contributed by atoms with Crippen LogP contribution in [0.15, 0.2) is 25.3 Å². The van der Waals surface area contributed by atoms with Crippen LogP contribution in [0.5, 0.6) is 0 Å². The van der Waals surface area contributed by atoms with Gasteiger partial charge in [-0.1, -0.05) is 76.4 Å². The molecule has 0 unspecified atom stereocenters. The fraction of sp³-hybridized carbons (Fsp3) is 0.792. The average Bonchev–Trinajstić information content (AvgIpc) is 2.69. The van der Waals surface area contributed by atoms with E-state index in [-0.39, 0.29) is 5.97 Å². The summed E-state index contributed by atoms with van der Waals surface area (Å²) in [6, 6.07) is 0. The molecule has 0 rings (SSSR count). The lowest BCUT2D eigenvalue weighted by atomic mass is 10.1. The Labute approximate surface area is 169 Å². The Morgan fingerprint density at radius 3 is 1.44 bits per heavy atom. The molecule has 0 aromatic heterocycles. The first-order valence-electron chi connectivity index (χ1n) is 11.1. The Hall–Kier alpha value is -1.09. The van der Waals surface area contributed by atoms with E-state index in [1.807, 2.05) is 12.2 Å². The highest BCUT2D eigenvalue weighted by Gasteiger charge is 1.98. The van der Waals surface area contributed by atoms with E-state index in [0.717, 1.165) is 32.1 Å². The van der Waals surface area contributed by atoms with Crippen molar-refractivity contribution in [3.8, 4) is 0 Å². The number of aliphatic hydroxyl groups excluding tert-OH is 1. The van der Waals surface area contributed by atoms with Crippen LogP contribution in [0.4, 0.5) is 0 Å². The van der Waals surface area contributed by atoms with Crippen molar-refractivity contribution >= 4 is 5.97 Å². The topological polar surface area (TPSA) is 46.5 Å². The fourth-order valence-corrected chi connectivity index (χ4v) is 2.83. The molecule has 160 valence electrons.